The third-order valence-corrected chi connectivity index (χ3v) is 2.92. The molecule has 1 heterocycles. The van der Waals surface area contributed by atoms with Crippen LogP contribution in [0.2, 0.25) is 0 Å². The van der Waals surface area contributed by atoms with E-state index in [1.165, 1.54) is 12.8 Å². The van der Waals surface area contributed by atoms with Gasteiger partial charge in [0.1, 0.15) is 6.61 Å². The van der Waals surface area contributed by atoms with E-state index in [1.54, 1.807) is 19.2 Å². The summed E-state index contributed by atoms with van der Waals surface area (Å²) < 4.78 is 10.6. The number of nitrogens with zero attached hydrogens (tertiary/aromatic N) is 2. The summed E-state index contributed by atoms with van der Waals surface area (Å²) in [7, 11) is 3.67. The van der Waals surface area contributed by atoms with Crippen molar-refractivity contribution in [3.05, 3.63) is 12.1 Å². The zero-order valence-electron chi connectivity index (χ0n) is 10.3. The fourth-order valence-corrected chi connectivity index (χ4v) is 1.67. The molecule has 2 rings (SSSR count). The van der Waals surface area contributed by atoms with Gasteiger partial charge in [-0.2, -0.15) is 4.98 Å². The lowest BCUT2D eigenvalue weighted by Crippen LogP contribution is -2.26. The van der Waals surface area contributed by atoms with Crippen LogP contribution in [0.3, 0.4) is 0 Å². The Morgan fingerprint density at radius 2 is 2.24 bits per heavy atom. The van der Waals surface area contributed by atoms with Crippen LogP contribution in [0.1, 0.15) is 12.8 Å². The predicted octanol–water partition coefficient (Wildman–Crippen LogP) is 1.15. The molecule has 0 spiro atoms. The SMILES string of the molecule is COc1nc(OCCN(C)C2CC2)ccc1N. The van der Waals surface area contributed by atoms with Gasteiger partial charge in [-0.15, -0.1) is 0 Å². The number of nitrogen functional groups attached to an aromatic ring is 1. The fourth-order valence-electron chi connectivity index (χ4n) is 1.67. The Balaban J connectivity index is 1.81. The highest BCUT2D eigenvalue weighted by molar-refractivity contribution is 5.49. The summed E-state index contributed by atoms with van der Waals surface area (Å²) in [6.07, 6.45) is 2.62. The van der Waals surface area contributed by atoms with Crippen molar-refractivity contribution in [3.8, 4) is 11.8 Å². The highest BCUT2D eigenvalue weighted by atomic mass is 16.5. The Kier molecular flexibility index (Phi) is 3.68. The van der Waals surface area contributed by atoms with Crippen molar-refractivity contribution < 1.29 is 9.47 Å². The molecule has 1 aromatic heterocycles. The maximum Gasteiger partial charge on any atom is 0.240 e. The Morgan fingerprint density at radius 3 is 2.88 bits per heavy atom. The minimum atomic E-state index is 0.415. The van der Waals surface area contributed by atoms with Gasteiger partial charge < -0.3 is 20.1 Å². The van der Waals surface area contributed by atoms with Crippen molar-refractivity contribution in [2.75, 3.05) is 33.0 Å². The molecule has 0 amide bonds. The predicted molar refractivity (Wildman–Crippen MR) is 66.3 cm³/mol. The van der Waals surface area contributed by atoms with Crippen LogP contribution in [0.5, 0.6) is 11.8 Å². The largest absolute Gasteiger partial charge is 0.479 e. The van der Waals surface area contributed by atoms with Gasteiger partial charge in [0.2, 0.25) is 11.8 Å². The van der Waals surface area contributed by atoms with Crippen molar-refractivity contribution in [2.24, 2.45) is 0 Å². The minimum absolute atomic E-state index is 0.415. The summed E-state index contributed by atoms with van der Waals surface area (Å²) in [4.78, 5) is 6.47. The normalized spacial score (nSPS) is 15.0. The molecule has 1 aliphatic carbocycles. The molecule has 0 saturated heterocycles. The van der Waals surface area contributed by atoms with Crippen molar-refractivity contribution in [2.45, 2.75) is 18.9 Å². The van der Waals surface area contributed by atoms with Crippen LogP contribution in [-0.2, 0) is 0 Å². The van der Waals surface area contributed by atoms with Gasteiger partial charge in [-0.25, -0.2) is 0 Å². The minimum Gasteiger partial charge on any atom is -0.479 e. The van der Waals surface area contributed by atoms with Gasteiger partial charge in [0, 0.05) is 18.7 Å². The molecule has 1 saturated carbocycles. The monoisotopic (exact) mass is 237 g/mol. The van der Waals surface area contributed by atoms with Crippen LogP contribution in [0, 0.1) is 0 Å². The van der Waals surface area contributed by atoms with E-state index >= 15 is 0 Å². The van der Waals surface area contributed by atoms with E-state index in [9.17, 15) is 0 Å². The number of hydrogen-bond acceptors (Lipinski definition) is 5. The Hall–Kier alpha value is -1.49. The average Bonchev–Trinajstić information content (AvgIpc) is 3.15. The topological polar surface area (TPSA) is 60.6 Å². The average molecular weight is 237 g/mol. The van der Waals surface area contributed by atoms with Crippen molar-refractivity contribution in [1.29, 1.82) is 0 Å². The molecular weight excluding hydrogens is 218 g/mol. The van der Waals surface area contributed by atoms with E-state index in [4.69, 9.17) is 15.2 Å². The molecule has 94 valence electrons. The van der Waals surface area contributed by atoms with Gasteiger partial charge in [-0.3, -0.25) is 0 Å². The first kappa shape index (κ1) is 12.0. The summed E-state index contributed by atoms with van der Waals surface area (Å²) >= 11 is 0. The Bertz CT molecular complexity index is 380. The smallest absolute Gasteiger partial charge is 0.240 e. The molecule has 0 radical (unpaired) electrons. The first-order valence-corrected chi connectivity index (χ1v) is 5.84. The number of anilines is 1. The summed E-state index contributed by atoms with van der Waals surface area (Å²) in [5.74, 6) is 0.971. The molecule has 2 N–H and O–H groups in total. The summed E-state index contributed by atoms with van der Waals surface area (Å²) in [6, 6.07) is 4.26. The van der Waals surface area contributed by atoms with Crippen LogP contribution >= 0.6 is 0 Å². The molecule has 0 unspecified atom stereocenters. The van der Waals surface area contributed by atoms with Crippen LogP contribution in [0.4, 0.5) is 5.69 Å². The fraction of sp³-hybridized carbons (Fsp3) is 0.583. The third kappa shape index (κ3) is 3.23. The van der Waals surface area contributed by atoms with Gasteiger partial charge in [-0.1, -0.05) is 0 Å². The lowest BCUT2D eigenvalue weighted by atomic mass is 10.4. The van der Waals surface area contributed by atoms with Gasteiger partial charge in [0.15, 0.2) is 0 Å². The highest BCUT2D eigenvalue weighted by Gasteiger charge is 2.25. The molecule has 1 fully saturated rings. The van der Waals surface area contributed by atoms with Crippen molar-refractivity contribution in [1.82, 2.24) is 9.88 Å². The molecule has 0 aromatic carbocycles. The molecular formula is C12H19N3O2. The standard InChI is InChI=1S/C12H19N3O2/c1-15(9-3-4-9)7-8-17-11-6-5-10(13)12(14-11)16-2/h5-6,9H,3-4,7-8,13H2,1-2H3. The number of nitrogens with two attached hydrogens (primary N) is 1. The van der Waals surface area contributed by atoms with E-state index in [2.05, 4.69) is 16.9 Å². The van der Waals surface area contributed by atoms with Gasteiger partial charge >= 0.3 is 0 Å². The first-order valence-electron chi connectivity index (χ1n) is 5.84. The van der Waals surface area contributed by atoms with Crippen LogP contribution < -0.4 is 15.2 Å². The Morgan fingerprint density at radius 1 is 1.47 bits per heavy atom. The summed E-state index contributed by atoms with van der Waals surface area (Å²) in [5, 5.41) is 0. The second kappa shape index (κ2) is 5.23. The highest BCUT2D eigenvalue weighted by Crippen LogP contribution is 2.25. The number of hydrogen-bond donors (Lipinski definition) is 1. The molecule has 1 aromatic rings. The zero-order valence-corrected chi connectivity index (χ0v) is 10.3. The van der Waals surface area contributed by atoms with Crippen LogP contribution in [0.15, 0.2) is 12.1 Å². The summed E-state index contributed by atoms with van der Waals surface area (Å²) in [6.45, 7) is 1.55. The molecule has 0 atom stereocenters. The second-order valence-corrected chi connectivity index (χ2v) is 4.31. The van der Waals surface area contributed by atoms with E-state index in [-0.39, 0.29) is 0 Å². The molecule has 0 bridgehead atoms. The molecule has 5 nitrogen and oxygen atoms in total. The van der Waals surface area contributed by atoms with Gasteiger partial charge in [0.25, 0.3) is 0 Å². The van der Waals surface area contributed by atoms with Gasteiger partial charge in [0.05, 0.1) is 12.8 Å². The molecule has 17 heavy (non-hydrogen) atoms. The van der Waals surface area contributed by atoms with E-state index in [1.807, 2.05) is 0 Å². The zero-order chi connectivity index (χ0) is 12.3. The lowest BCUT2D eigenvalue weighted by molar-refractivity contribution is 0.225. The van der Waals surface area contributed by atoms with Gasteiger partial charge in [-0.05, 0) is 26.0 Å². The number of aromatic nitrogens is 1. The number of pyridine rings is 1. The molecule has 0 aliphatic heterocycles. The third-order valence-electron chi connectivity index (χ3n) is 2.92. The maximum atomic E-state index is 5.67. The quantitative estimate of drug-likeness (QED) is 0.804. The van der Waals surface area contributed by atoms with Crippen molar-refractivity contribution in [3.63, 3.8) is 0 Å². The van der Waals surface area contributed by atoms with E-state index in [0.717, 1.165) is 12.6 Å². The Labute approximate surface area is 102 Å². The number of rotatable bonds is 6. The number of ether oxygens (including phenoxy) is 2. The molecule has 1 aliphatic rings. The lowest BCUT2D eigenvalue weighted by Gasteiger charge is -2.15. The van der Waals surface area contributed by atoms with Crippen molar-refractivity contribution >= 4 is 5.69 Å². The summed E-state index contributed by atoms with van der Waals surface area (Å²) in [5.41, 5.74) is 6.20. The second-order valence-electron chi connectivity index (χ2n) is 4.31. The van der Waals surface area contributed by atoms with E-state index in [0.29, 0.717) is 24.1 Å². The van der Waals surface area contributed by atoms with Crippen LogP contribution in [-0.4, -0.2) is 43.2 Å². The molecule has 5 heteroatoms. The maximum absolute atomic E-state index is 5.67. The van der Waals surface area contributed by atoms with Crippen LogP contribution in [0.25, 0.3) is 0 Å². The number of likely N-dealkylation sites (N-methyl/N-ethyl adjacent to an activating group) is 1. The first-order chi connectivity index (χ1) is 8.20. The van der Waals surface area contributed by atoms with E-state index < -0.39 is 0 Å². The number of methoxy groups -OCH3 is 1.